The van der Waals surface area contributed by atoms with Crippen LogP contribution in [0.25, 0.3) is 5.69 Å². The van der Waals surface area contributed by atoms with Crippen LogP contribution in [-0.4, -0.2) is 40.0 Å². The number of hydrogen-bond donors (Lipinski definition) is 2. The molecule has 0 unspecified atom stereocenters. The summed E-state index contributed by atoms with van der Waals surface area (Å²) >= 11 is 0. The predicted molar refractivity (Wildman–Crippen MR) is 100 cm³/mol. The van der Waals surface area contributed by atoms with Gasteiger partial charge >= 0.3 is 0 Å². The number of hydrogen-bond acceptors (Lipinski definition) is 5. The lowest BCUT2D eigenvalue weighted by Crippen LogP contribution is -2.32. The molecule has 0 bridgehead atoms. The molecule has 0 radical (unpaired) electrons. The molecule has 0 fully saturated rings. The van der Waals surface area contributed by atoms with Crippen LogP contribution in [0.2, 0.25) is 0 Å². The Hall–Kier alpha value is -2.16. The van der Waals surface area contributed by atoms with Gasteiger partial charge in [0.15, 0.2) is 0 Å². The van der Waals surface area contributed by atoms with Gasteiger partial charge in [-0.3, -0.25) is 14.9 Å². The van der Waals surface area contributed by atoms with E-state index in [1.54, 1.807) is 18.3 Å². The summed E-state index contributed by atoms with van der Waals surface area (Å²) in [7, 11) is 0. The number of nitro benzene ring substituents is 1. The standard InChI is InChI=1S/C15H19N5O3.2ClH/c1-2-5-16-6-7-18-15(21)12-3-4-13(14(10-12)20(22)23)19-9-8-17-11-19;;/h3-4,8-11,16H,2,5-7H2,1H3,(H,18,21);2*1H. The zero-order valence-corrected chi connectivity index (χ0v) is 15.3. The zero-order valence-electron chi connectivity index (χ0n) is 13.7. The van der Waals surface area contributed by atoms with Crippen molar-refractivity contribution in [3.63, 3.8) is 0 Å². The number of carbonyl (C=O) groups is 1. The molecule has 8 nitrogen and oxygen atoms in total. The molecule has 1 aromatic heterocycles. The minimum Gasteiger partial charge on any atom is -0.351 e. The molecule has 25 heavy (non-hydrogen) atoms. The number of amides is 1. The predicted octanol–water partition coefficient (Wildman–Crippen LogP) is 2.35. The third-order valence-corrected chi connectivity index (χ3v) is 3.23. The van der Waals surface area contributed by atoms with E-state index in [2.05, 4.69) is 22.5 Å². The number of nitrogens with one attached hydrogen (secondary N) is 2. The summed E-state index contributed by atoms with van der Waals surface area (Å²) in [4.78, 5) is 26.7. The van der Waals surface area contributed by atoms with E-state index in [0.717, 1.165) is 13.0 Å². The van der Waals surface area contributed by atoms with Crippen molar-refractivity contribution in [2.45, 2.75) is 13.3 Å². The van der Waals surface area contributed by atoms with Gasteiger partial charge in [-0.1, -0.05) is 6.92 Å². The molecule has 0 spiro atoms. The molecule has 0 saturated carbocycles. The van der Waals surface area contributed by atoms with Gasteiger partial charge in [0.05, 0.1) is 11.3 Å². The molecule has 0 saturated heterocycles. The Morgan fingerprint density at radius 1 is 1.28 bits per heavy atom. The van der Waals surface area contributed by atoms with Crippen LogP contribution < -0.4 is 10.6 Å². The van der Waals surface area contributed by atoms with Crippen molar-refractivity contribution >= 4 is 36.4 Å². The summed E-state index contributed by atoms with van der Waals surface area (Å²) in [5.41, 5.74) is 0.490. The number of benzene rings is 1. The summed E-state index contributed by atoms with van der Waals surface area (Å²) < 4.78 is 1.54. The molecule has 2 aromatic rings. The van der Waals surface area contributed by atoms with E-state index in [1.807, 2.05) is 0 Å². The lowest BCUT2D eigenvalue weighted by molar-refractivity contribution is -0.384. The van der Waals surface area contributed by atoms with Crippen molar-refractivity contribution in [2.24, 2.45) is 0 Å². The maximum atomic E-state index is 12.1. The summed E-state index contributed by atoms with van der Waals surface area (Å²) in [5, 5.41) is 17.2. The first-order valence-corrected chi connectivity index (χ1v) is 7.39. The van der Waals surface area contributed by atoms with Gasteiger partial charge in [-0.05, 0) is 25.1 Å². The second kappa shape index (κ2) is 11.4. The average Bonchev–Trinajstić information content (AvgIpc) is 3.08. The quantitative estimate of drug-likeness (QED) is 0.409. The van der Waals surface area contributed by atoms with Gasteiger partial charge in [0, 0.05) is 37.1 Å². The molecule has 1 amide bonds. The second-order valence-corrected chi connectivity index (χ2v) is 4.94. The number of aromatic nitrogens is 2. The number of nitrogens with zero attached hydrogens (tertiary/aromatic N) is 3. The highest BCUT2D eigenvalue weighted by molar-refractivity contribution is 5.95. The van der Waals surface area contributed by atoms with Crippen LogP contribution in [0.15, 0.2) is 36.9 Å². The molecule has 138 valence electrons. The monoisotopic (exact) mass is 389 g/mol. The summed E-state index contributed by atoms with van der Waals surface area (Å²) in [6.07, 6.45) is 5.65. The fourth-order valence-electron chi connectivity index (χ4n) is 2.10. The topological polar surface area (TPSA) is 102 Å². The van der Waals surface area contributed by atoms with Crippen molar-refractivity contribution in [1.29, 1.82) is 0 Å². The Kier molecular flexibility index (Phi) is 10.4. The molecule has 0 aliphatic rings. The van der Waals surface area contributed by atoms with Crippen molar-refractivity contribution < 1.29 is 9.72 Å². The lowest BCUT2D eigenvalue weighted by Gasteiger charge is -2.08. The smallest absolute Gasteiger partial charge is 0.294 e. The molecule has 0 aliphatic heterocycles. The number of carbonyl (C=O) groups excluding carboxylic acids is 1. The van der Waals surface area contributed by atoms with Crippen LogP contribution in [0.1, 0.15) is 23.7 Å². The average molecular weight is 390 g/mol. The van der Waals surface area contributed by atoms with Gasteiger partial charge in [-0.25, -0.2) is 4.98 Å². The van der Waals surface area contributed by atoms with Gasteiger partial charge < -0.3 is 15.2 Å². The van der Waals surface area contributed by atoms with Crippen molar-refractivity contribution in [3.05, 3.63) is 52.6 Å². The Morgan fingerprint density at radius 3 is 2.64 bits per heavy atom. The summed E-state index contributed by atoms with van der Waals surface area (Å²) in [6, 6.07) is 4.39. The first-order chi connectivity index (χ1) is 11.1. The van der Waals surface area contributed by atoms with Crippen LogP contribution in [0.3, 0.4) is 0 Å². The molecule has 2 rings (SSSR count). The molecule has 2 N–H and O–H groups in total. The van der Waals surface area contributed by atoms with E-state index in [0.29, 0.717) is 18.8 Å². The number of rotatable bonds is 8. The van der Waals surface area contributed by atoms with Crippen LogP contribution in [0, 0.1) is 10.1 Å². The lowest BCUT2D eigenvalue weighted by atomic mass is 10.1. The second-order valence-electron chi connectivity index (χ2n) is 4.94. The third-order valence-electron chi connectivity index (χ3n) is 3.23. The van der Waals surface area contributed by atoms with E-state index in [4.69, 9.17) is 0 Å². The maximum absolute atomic E-state index is 12.1. The molecular weight excluding hydrogens is 369 g/mol. The van der Waals surface area contributed by atoms with E-state index in [-0.39, 0.29) is 42.0 Å². The van der Waals surface area contributed by atoms with Crippen molar-refractivity contribution in [2.75, 3.05) is 19.6 Å². The molecule has 10 heteroatoms. The van der Waals surface area contributed by atoms with Gasteiger partial charge in [0.25, 0.3) is 11.6 Å². The molecule has 0 atom stereocenters. The van der Waals surface area contributed by atoms with Crippen LogP contribution in [0.5, 0.6) is 0 Å². The zero-order chi connectivity index (χ0) is 16.7. The highest BCUT2D eigenvalue weighted by Crippen LogP contribution is 2.24. The van der Waals surface area contributed by atoms with Gasteiger partial charge in [0.2, 0.25) is 0 Å². The minimum absolute atomic E-state index is 0. The Morgan fingerprint density at radius 2 is 2.04 bits per heavy atom. The van der Waals surface area contributed by atoms with E-state index in [9.17, 15) is 14.9 Å². The van der Waals surface area contributed by atoms with Crippen molar-refractivity contribution in [3.8, 4) is 5.69 Å². The van der Waals surface area contributed by atoms with Gasteiger partial charge in [-0.2, -0.15) is 0 Å². The molecule has 1 aromatic carbocycles. The van der Waals surface area contributed by atoms with E-state index in [1.165, 1.54) is 23.2 Å². The minimum atomic E-state index is -0.505. The third kappa shape index (κ3) is 6.33. The Balaban J connectivity index is 0.00000288. The summed E-state index contributed by atoms with van der Waals surface area (Å²) in [6.45, 7) is 4.08. The van der Waals surface area contributed by atoms with Crippen LogP contribution in [0.4, 0.5) is 5.69 Å². The largest absolute Gasteiger partial charge is 0.351 e. The Labute approximate surface area is 158 Å². The highest BCUT2D eigenvalue weighted by atomic mass is 35.5. The van der Waals surface area contributed by atoms with Crippen molar-refractivity contribution in [1.82, 2.24) is 20.2 Å². The number of nitro groups is 1. The molecular formula is C15H21Cl2N5O3. The Bertz CT molecular complexity index is 680. The SMILES string of the molecule is CCCNCCNC(=O)c1ccc(-n2ccnc2)c([N+](=O)[O-])c1.Cl.Cl. The van der Waals surface area contributed by atoms with Crippen LogP contribution >= 0.6 is 24.8 Å². The fourth-order valence-corrected chi connectivity index (χ4v) is 2.10. The summed E-state index contributed by atoms with van der Waals surface area (Å²) in [5.74, 6) is -0.330. The highest BCUT2D eigenvalue weighted by Gasteiger charge is 2.18. The van der Waals surface area contributed by atoms with E-state index >= 15 is 0 Å². The number of halogens is 2. The molecule has 0 aliphatic carbocycles. The maximum Gasteiger partial charge on any atom is 0.294 e. The number of imidazole rings is 1. The van der Waals surface area contributed by atoms with Gasteiger partial charge in [-0.15, -0.1) is 24.8 Å². The van der Waals surface area contributed by atoms with Crippen LogP contribution in [-0.2, 0) is 0 Å². The normalized spacial score (nSPS) is 9.64. The van der Waals surface area contributed by atoms with E-state index < -0.39 is 4.92 Å². The fraction of sp³-hybridized carbons (Fsp3) is 0.333. The molecule has 1 heterocycles. The van der Waals surface area contributed by atoms with Gasteiger partial charge in [0.1, 0.15) is 5.69 Å². The first-order valence-electron chi connectivity index (χ1n) is 7.39. The first kappa shape index (κ1) is 22.8.